The smallest absolute Gasteiger partial charge is 0.306 e. The van der Waals surface area contributed by atoms with Gasteiger partial charge in [0.25, 0.3) is 5.91 Å². The van der Waals surface area contributed by atoms with Crippen molar-refractivity contribution in [2.24, 2.45) is 17.8 Å². The van der Waals surface area contributed by atoms with Gasteiger partial charge in [-0.1, -0.05) is 55.0 Å². The van der Waals surface area contributed by atoms with Crippen LogP contribution in [-0.2, 0) is 20.7 Å². The van der Waals surface area contributed by atoms with Crippen molar-refractivity contribution >= 4 is 17.6 Å². The van der Waals surface area contributed by atoms with Crippen LogP contribution in [0.25, 0.3) is 0 Å². The van der Waals surface area contributed by atoms with E-state index < -0.39 is 0 Å². The Labute approximate surface area is 166 Å². The second-order valence-electron chi connectivity index (χ2n) is 8.17. The van der Waals surface area contributed by atoms with Gasteiger partial charge in [-0.2, -0.15) is 0 Å². The monoisotopic (exact) mass is 377 g/mol. The zero-order valence-corrected chi connectivity index (χ0v) is 16.1. The predicted molar refractivity (Wildman–Crippen MR) is 109 cm³/mol. The molecule has 2 aromatic carbocycles. The number of carbonyl (C=O) groups excluding carboxylic acids is 2. The van der Waals surface area contributed by atoms with E-state index in [1.165, 1.54) is 24.8 Å². The molecule has 0 aromatic heterocycles. The van der Waals surface area contributed by atoms with E-state index >= 15 is 0 Å². The maximum atomic E-state index is 12.3. The van der Waals surface area contributed by atoms with Crippen LogP contribution in [-0.4, -0.2) is 18.5 Å². The van der Waals surface area contributed by atoms with E-state index in [2.05, 4.69) is 17.4 Å². The molecule has 2 bridgehead atoms. The van der Waals surface area contributed by atoms with Gasteiger partial charge in [-0.3, -0.25) is 9.59 Å². The fourth-order valence-corrected chi connectivity index (χ4v) is 4.84. The molecule has 1 amide bonds. The number of hydrogen-bond donors (Lipinski definition) is 1. The average molecular weight is 377 g/mol. The Morgan fingerprint density at radius 1 is 0.964 bits per heavy atom. The molecular formula is C24H27NO3. The van der Waals surface area contributed by atoms with Crippen molar-refractivity contribution in [2.75, 3.05) is 11.9 Å². The lowest BCUT2D eigenvalue weighted by Crippen LogP contribution is -2.23. The molecule has 2 aromatic rings. The summed E-state index contributed by atoms with van der Waals surface area (Å²) in [5.41, 5.74) is 2.98. The van der Waals surface area contributed by atoms with Crippen LogP contribution in [0.15, 0.2) is 54.6 Å². The average Bonchev–Trinajstić information content (AvgIpc) is 3.32. The van der Waals surface area contributed by atoms with E-state index in [1.54, 1.807) is 0 Å². The Morgan fingerprint density at radius 2 is 1.75 bits per heavy atom. The van der Waals surface area contributed by atoms with E-state index in [4.69, 9.17) is 4.74 Å². The molecule has 0 saturated heterocycles. The van der Waals surface area contributed by atoms with Crippen molar-refractivity contribution < 1.29 is 14.3 Å². The number of carbonyl (C=O) groups is 2. The summed E-state index contributed by atoms with van der Waals surface area (Å²) in [5, 5.41) is 2.89. The third kappa shape index (κ3) is 4.61. The van der Waals surface area contributed by atoms with Crippen molar-refractivity contribution in [3.63, 3.8) is 0 Å². The number of esters is 1. The van der Waals surface area contributed by atoms with Gasteiger partial charge in [0.15, 0.2) is 6.61 Å². The molecule has 2 fully saturated rings. The molecule has 2 saturated carbocycles. The molecule has 4 nitrogen and oxygen atoms in total. The van der Waals surface area contributed by atoms with Gasteiger partial charge in [0.05, 0.1) is 0 Å². The van der Waals surface area contributed by atoms with Gasteiger partial charge >= 0.3 is 5.97 Å². The standard InChI is InChI=1S/C24H27NO3/c26-23(16-28-24(27)15-21-14-18-10-11-19(21)13-18)25-22-9-5-4-8-20(22)12-17-6-2-1-3-7-17/h1-9,18-19,21H,10-16H2,(H,25,26)/t18-,19+,21+/m0/s1. The topological polar surface area (TPSA) is 55.4 Å². The maximum absolute atomic E-state index is 12.3. The van der Waals surface area contributed by atoms with Crippen molar-refractivity contribution in [3.8, 4) is 0 Å². The summed E-state index contributed by atoms with van der Waals surface area (Å²) < 4.78 is 5.25. The number of ether oxygens (including phenoxy) is 1. The Balaban J connectivity index is 1.27. The summed E-state index contributed by atoms with van der Waals surface area (Å²) in [7, 11) is 0. The Kier molecular flexibility index (Phi) is 5.75. The largest absolute Gasteiger partial charge is 0.456 e. The minimum absolute atomic E-state index is 0.223. The van der Waals surface area contributed by atoms with Crippen LogP contribution in [0.3, 0.4) is 0 Å². The lowest BCUT2D eigenvalue weighted by molar-refractivity contribution is -0.148. The molecule has 28 heavy (non-hydrogen) atoms. The third-order valence-corrected chi connectivity index (χ3v) is 6.21. The summed E-state index contributed by atoms with van der Waals surface area (Å²) in [6.45, 7) is -0.223. The highest BCUT2D eigenvalue weighted by Crippen LogP contribution is 2.49. The van der Waals surface area contributed by atoms with Crippen LogP contribution in [0.5, 0.6) is 0 Å². The molecule has 4 heteroatoms. The molecule has 0 heterocycles. The second-order valence-corrected chi connectivity index (χ2v) is 8.17. The van der Waals surface area contributed by atoms with Gasteiger partial charge in [-0.15, -0.1) is 0 Å². The molecule has 0 spiro atoms. The van der Waals surface area contributed by atoms with E-state index in [9.17, 15) is 9.59 Å². The fourth-order valence-electron chi connectivity index (χ4n) is 4.84. The first-order chi connectivity index (χ1) is 13.7. The Morgan fingerprint density at radius 3 is 2.50 bits per heavy atom. The fraction of sp³-hybridized carbons (Fsp3) is 0.417. The molecule has 146 valence electrons. The van der Waals surface area contributed by atoms with Gasteiger partial charge in [0.2, 0.25) is 0 Å². The minimum Gasteiger partial charge on any atom is -0.456 e. The molecular weight excluding hydrogens is 350 g/mol. The highest BCUT2D eigenvalue weighted by molar-refractivity contribution is 5.93. The van der Waals surface area contributed by atoms with Gasteiger partial charge in [-0.25, -0.2) is 0 Å². The number of hydrogen-bond acceptors (Lipinski definition) is 3. The quantitative estimate of drug-likeness (QED) is 0.718. The SMILES string of the molecule is O=C(COC(=O)C[C@H]1C[C@H]2CC[C@@H]1C2)Nc1ccccc1Cc1ccccc1. The minimum atomic E-state index is -0.290. The Bertz CT molecular complexity index is 833. The summed E-state index contributed by atoms with van der Waals surface area (Å²) in [5.74, 6) is 1.43. The predicted octanol–water partition coefficient (Wildman–Crippen LogP) is 4.59. The van der Waals surface area contributed by atoms with E-state index in [-0.39, 0.29) is 18.5 Å². The first kappa shape index (κ1) is 18.7. The molecule has 2 aliphatic carbocycles. The van der Waals surface area contributed by atoms with E-state index in [0.29, 0.717) is 18.3 Å². The number of fused-ring (bicyclic) bond motifs is 2. The first-order valence-corrected chi connectivity index (χ1v) is 10.2. The Hall–Kier alpha value is -2.62. The first-order valence-electron chi connectivity index (χ1n) is 10.2. The van der Waals surface area contributed by atoms with Gasteiger partial charge in [0, 0.05) is 12.1 Å². The summed E-state index contributed by atoms with van der Waals surface area (Å²) >= 11 is 0. The van der Waals surface area contributed by atoms with Gasteiger partial charge in [0.1, 0.15) is 0 Å². The lowest BCUT2D eigenvalue weighted by Gasteiger charge is -2.20. The van der Waals surface area contributed by atoms with E-state index in [1.807, 2.05) is 42.5 Å². The van der Waals surface area contributed by atoms with Crippen molar-refractivity contribution in [3.05, 3.63) is 65.7 Å². The van der Waals surface area contributed by atoms with Gasteiger partial charge in [-0.05, 0) is 60.6 Å². The van der Waals surface area contributed by atoms with Crippen LogP contribution < -0.4 is 5.32 Å². The molecule has 3 atom stereocenters. The van der Waals surface area contributed by atoms with Gasteiger partial charge < -0.3 is 10.1 Å². The summed E-state index contributed by atoms with van der Waals surface area (Å²) in [6, 6.07) is 17.9. The maximum Gasteiger partial charge on any atom is 0.306 e. The van der Waals surface area contributed by atoms with Crippen LogP contribution >= 0.6 is 0 Å². The van der Waals surface area contributed by atoms with Crippen LogP contribution in [0.2, 0.25) is 0 Å². The second kappa shape index (κ2) is 8.59. The van der Waals surface area contributed by atoms with E-state index in [0.717, 1.165) is 30.0 Å². The van der Waals surface area contributed by atoms with Crippen molar-refractivity contribution in [2.45, 2.75) is 38.5 Å². The zero-order chi connectivity index (χ0) is 19.3. The van der Waals surface area contributed by atoms with Crippen LogP contribution in [0, 0.1) is 17.8 Å². The zero-order valence-electron chi connectivity index (χ0n) is 16.1. The van der Waals surface area contributed by atoms with Crippen LogP contribution in [0.4, 0.5) is 5.69 Å². The lowest BCUT2D eigenvalue weighted by atomic mass is 9.86. The summed E-state index contributed by atoms with van der Waals surface area (Å²) in [4.78, 5) is 24.4. The normalized spacial score (nSPS) is 22.8. The van der Waals surface area contributed by atoms with Crippen LogP contribution in [0.1, 0.15) is 43.2 Å². The number of amides is 1. The molecule has 0 unspecified atom stereocenters. The number of rotatable bonds is 7. The number of nitrogens with one attached hydrogen (secondary N) is 1. The van der Waals surface area contributed by atoms with Crippen molar-refractivity contribution in [1.82, 2.24) is 0 Å². The highest BCUT2D eigenvalue weighted by atomic mass is 16.5. The highest BCUT2D eigenvalue weighted by Gasteiger charge is 2.40. The van der Waals surface area contributed by atoms with Crippen molar-refractivity contribution in [1.29, 1.82) is 0 Å². The molecule has 0 radical (unpaired) electrons. The molecule has 1 N–H and O–H groups in total. The molecule has 4 rings (SSSR count). The third-order valence-electron chi connectivity index (χ3n) is 6.21. The number of para-hydroxylation sites is 1. The summed E-state index contributed by atoms with van der Waals surface area (Å²) in [6.07, 6.45) is 6.19. The molecule has 0 aliphatic heterocycles. The molecule has 2 aliphatic rings. The number of anilines is 1. The number of benzene rings is 2.